The first kappa shape index (κ1) is 11.4. The molecule has 0 aromatic rings. The predicted octanol–water partition coefficient (Wildman–Crippen LogP) is 2.60. The van der Waals surface area contributed by atoms with Crippen molar-refractivity contribution in [2.45, 2.75) is 51.6 Å². The number of hydrogen-bond donors (Lipinski definition) is 1. The Bertz CT molecular complexity index is 187. The summed E-state index contributed by atoms with van der Waals surface area (Å²) in [6, 6.07) is 0. The zero-order valence-electron chi connectivity index (χ0n) is 9.82. The van der Waals surface area contributed by atoms with Crippen LogP contribution < -0.4 is 0 Å². The number of hydrogen-bond acceptors (Lipinski definition) is 2. The van der Waals surface area contributed by atoms with Crippen molar-refractivity contribution in [3.05, 3.63) is 0 Å². The van der Waals surface area contributed by atoms with E-state index in [-0.39, 0.29) is 6.10 Å². The van der Waals surface area contributed by atoms with Gasteiger partial charge < -0.3 is 9.84 Å². The maximum atomic E-state index is 10.2. The first-order valence-corrected chi connectivity index (χ1v) is 6.53. The molecular formula is C13H24O2. The summed E-state index contributed by atoms with van der Waals surface area (Å²) >= 11 is 0. The van der Waals surface area contributed by atoms with Crippen molar-refractivity contribution in [1.82, 2.24) is 0 Å². The van der Waals surface area contributed by atoms with Gasteiger partial charge in [-0.3, -0.25) is 0 Å². The normalized spacial score (nSPS) is 35.6. The molecule has 0 amide bonds. The summed E-state index contributed by atoms with van der Waals surface area (Å²) < 4.78 is 5.35. The SMILES string of the molecule is CC1CCCC1C(O)CC1CCOCC1. The molecule has 3 atom stereocenters. The minimum atomic E-state index is -0.0504. The second kappa shape index (κ2) is 5.31. The molecule has 0 radical (unpaired) electrons. The lowest BCUT2D eigenvalue weighted by atomic mass is 9.84. The van der Waals surface area contributed by atoms with Gasteiger partial charge in [-0.05, 0) is 43.4 Å². The van der Waals surface area contributed by atoms with Gasteiger partial charge in [0.1, 0.15) is 0 Å². The monoisotopic (exact) mass is 212 g/mol. The Labute approximate surface area is 93.0 Å². The highest BCUT2D eigenvalue weighted by Crippen LogP contribution is 2.36. The first-order valence-electron chi connectivity index (χ1n) is 6.53. The highest BCUT2D eigenvalue weighted by atomic mass is 16.5. The summed E-state index contributed by atoms with van der Waals surface area (Å²) in [5.74, 6) is 2.02. The zero-order valence-corrected chi connectivity index (χ0v) is 9.82. The van der Waals surface area contributed by atoms with Crippen LogP contribution in [0.15, 0.2) is 0 Å². The molecule has 1 aliphatic carbocycles. The van der Waals surface area contributed by atoms with E-state index in [1.807, 2.05) is 0 Å². The topological polar surface area (TPSA) is 29.5 Å². The number of ether oxygens (including phenoxy) is 1. The van der Waals surface area contributed by atoms with Crippen molar-refractivity contribution < 1.29 is 9.84 Å². The van der Waals surface area contributed by atoms with Crippen molar-refractivity contribution in [2.24, 2.45) is 17.8 Å². The number of rotatable bonds is 3. The first-order chi connectivity index (χ1) is 7.27. The van der Waals surface area contributed by atoms with E-state index in [9.17, 15) is 5.11 Å². The van der Waals surface area contributed by atoms with Crippen molar-refractivity contribution >= 4 is 0 Å². The van der Waals surface area contributed by atoms with E-state index in [2.05, 4.69) is 6.92 Å². The lowest BCUT2D eigenvalue weighted by molar-refractivity contribution is 0.0216. The fraction of sp³-hybridized carbons (Fsp3) is 1.00. The van der Waals surface area contributed by atoms with E-state index in [0.29, 0.717) is 11.8 Å². The molecule has 1 saturated carbocycles. The van der Waals surface area contributed by atoms with E-state index in [4.69, 9.17) is 4.74 Å². The standard InChI is InChI=1S/C13H24O2/c1-10-3-2-4-12(10)13(14)9-11-5-7-15-8-6-11/h10-14H,2-9H2,1H3. The predicted molar refractivity (Wildman–Crippen MR) is 60.7 cm³/mol. The molecule has 1 saturated heterocycles. The molecule has 0 bridgehead atoms. The molecule has 1 heterocycles. The summed E-state index contributed by atoms with van der Waals surface area (Å²) in [6.45, 7) is 4.10. The van der Waals surface area contributed by atoms with Crippen LogP contribution in [0.2, 0.25) is 0 Å². The Balaban J connectivity index is 1.77. The van der Waals surface area contributed by atoms with Crippen LogP contribution in [0.1, 0.15) is 45.4 Å². The maximum absolute atomic E-state index is 10.2. The van der Waals surface area contributed by atoms with E-state index in [1.165, 1.54) is 19.3 Å². The molecule has 88 valence electrons. The minimum Gasteiger partial charge on any atom is -0.393 e. The smallest absolute Gasteiger partial charge is 0.0573 e. The molecule has 0 spiro atoms. The fourth-order valence-electron chi connectivity index (χ4n) is 3.24. The van der Waals surface area contributed by atoms with Crippen LogP contribution in [-0.2, 0) is 4.74 Å². The van der Waals surface area contributed by atoms with Gasteiger partial charge in [0.05, 0.1) is 6.10 Å². The van der Waals surface area contributed by atoms with Crippen LogP contribution >= 0.6 is 0 Å². The second-order valence-electron chi connectivity index (χ2n) is 5.43. The third-order valence-corrected chi connectivity index (χ3v) is 4.34. The van der Waals surface area contributed by atoms with Gasteiger partial charge in [-0.25, -0.2) is 0 Å². The fourth-order valence-corrected chi connectivity index (χ4v) is 3.24. The van der Waals surface area contributed by atoms with Crippen LogP contribution in [0.5, 0.6) is 0 Å². The van der Waals surface area contributed by atoms with Crippen LogP contribution in [0, 0.1) is 17.8 Å². The summed E-state index contributed by atoms with van der Waals surface area (Å²) in [5, 5.41) is 10.2. The van der Waals surface area contributed by atoms with Gasteiger partial charge in [0, 0.05) is 13.2 Å². The van der Waals surface area contributed by atoms with Crippen LogP contribution in [0.25, 0.3) is 0 Å². The van der Waals surface area contributed by atoms with Crippen LogP contribution in [0.3, 0.4) is 0 Å². The average molecular weight is 212 g/mol. The summed E-state index contributed by atoms with van der Waals surface area (Å²) in [5.41, 5.74) is 0. The molecule has 2 rings (SSSR count). The minimum absolute atomic E-state index is 0.0504. The summed E-state index contributed by atoms with van der Waals surface area (Å²) in [4.78, 5) is 0. The number of aliphatic hydroxyl groups is 1. The van der Waals surface area contributed by atoms with Crippen molar-refractivity contribution in [2.75, 3.05) is 13.2 Å². The second-order valence-corrected chi connectivity index (χ2v) is 5.43. The third-order valence-electron chi connectivity index (χ3n) is 4.34. The summed E-state index contributed by atoms with van der Waals surface area (Å²) in [7, 11) is 0. The van der Waals surface area contributed by atoms with Crippen molar-refractivity contribution in [3.8, 4) is 0 Å². The average Bonchev–Trinajstić information content (AvgIpc) is 2.66. The van der Waals surface area contributed by atoms with Gasteiger partial charge in [-0.15, -0.1) is 0 Å². The van der Waals surface area contributed by atoms with Crippen LogP contribution in [0.4, 0.5) is 0 Å². The molecule has 2 fully saturated rings. The Morgan fingerprint density at radius 2 is 1.93 bits per heavy atom. The molecule has 2 heteroatoms. The lowest BCUT2D eigenvalue weighted by Crippen LogP contribution is -2.27. The van der Waals surface area contributed by atoms with Crippen molar-refractivity contribution in [3.63, 3.8) is 0 Å². The molecule has 2 nitrogen and oxygen atoms in total. The highest BCUT2D eigenvalue weighted by Gasteiger charge is 2.31. The van der Waals surface area contributed by atoms with Gasteiger partial charge in [0.25, 0.3) is 0 Å². The number of aliphatic hydroxyl groups excluding tert-OH is 1. The Hall–Kier alpha value is -0.0800. The highest BCUT2D eigenvalue weighted by molar-refractivity contribution is 4.82. The Kier molecular flexibility index (Phi) is 4.04. The maximum Gasteiger partial charge on any atom is 0.0573 e. The van der Waals surface area contributed by atoms with E-state index in [1.54, 1.807) is 0 Å². The molecule has 3 unspecified atom stereocenters. The van der Waals surface area contributed by atoms with Gasteiger partial charge in [0.2, 0.25) is 0 Å². The lowest BCUT2D eigenvalue weighted by Gasteiger charge is -2.28. The Morgan fingerprint density at radius 1 is 1.20 bits per heavy atom. The van der Waals surface area contributed by atoms with E-state index in [0.717, 1.165) is 38.4 Å². The van der Waals surface area contributed by atoms with Gasteiger partial charge >= 0.3 is 0 Å². The molecule has 2 aliphatic rings. The van der Waals surface area contributed by atoms with E-state index < -0.39 is 0 Å². The zero-order chi connectivity index (χ0) is 10.7. The molecule has 1 N–H and O–H groups in total. The third kappa shape index (κ3) is 2.94. The van der Waals surface area contributed by atoms with Gasteiger partial charge in [-0.2, -0.15) is 0 Å². The quantitative estimate of drug-likeness (QED) is 0.779. The largest absolute Gasteiger partial charge is 0.393 e. The molecule has 1 aliphatic heterocycles. The molecule has 0 aromatic carbocycles. The van der Waals surface area contributed by atoms with Gasteiger partial charge in [-0.1, -0.05) is 19.8 Å². The summed E-state index contributed by atoms with van der Waals surface area (Å²) in [6.07, 6.45) is 7.14. The molecule has 15 heavy (non-hydrogen) atoms. The Morgan fingerprint density at radius 3 is 2.53 bits per heavy atom. The van der Waals surface area contributed by atoms with Gasteiger partial charge in [0.15, 0.2) is 0 Å². The van der Waals surface area contributed by atoms with E-state index >= 15 is 0 Å². The van der Waals surface area contributed by atoms with Crippen LogP contribution in [-0.4, -0.2) is 24.4 Å². The molecule has 0 aromatic heterocycles. The van der Waals surface area contributed by atoms with Crippen molar-refractivity contribution in [1.29, 1.82) is 0 Å². The molecular weight excluding hydrogens is 188 g/mol.